The summed E-state index contributed by atoms with van der Waals surface area (Å²) in [6.45, 7) is 17.8. The summed E-state index contributed by atoms with van der Waals surface area (Å²) in [4.78, 5) is 5.38. The van der Waals surface area contributed by atoms with Crippen molar-refractivity contribution in [2.75, 3.05) is 32.7 Å². The van der Waals surface area contributed by atoms with E-state index in [1.165, 1.54) is 39.0 Å². The van der Waals surface area contributed by atoms with Gasteiger partial charge in [-0.05, 0) is 53.0 Å². The molecule has 2 unspecified atom stereocenters. The number of hydrogen-bond donors (Lipinski definition) is 1. The van der Waals surface area contributed by atoms with E-state index in [1.807, 2.05) is 0 Å². The Labute approximate surface area is 119 Å². The number of nitrogens with one attached hydrogen (secondary N) is 1. The summed E-state index contributed by atoms with van der Waals surface area (Å²) in [5.41, 5.74) is 0.235. The Kier molecular flexibility index (Phi) is 4.91. The molecule has 0 bridgehead atoms. The highest BCUT2D eigenvalue weighted by atomic mass is 15.3. The van der Waals surface area contributed by atoms with Gasteiger partial charge in [-0.3, -0.25) is 9.80 Å². The van der Waals surface area contributed by atoms with Crippen molar-refractivity contribution in [2.45, 2.75) is 65.1 Å². The van der Waals surface area contributed by atoms with Crippen LogP contribution in [0.15, 0.2) is 0 Å². The molecule has 0 radical (unpaired) electrons. The van der Waals surface area contributed by atoms with Crippen molar-refractivity contribution < 1.29 is 0 Å². The van der Waals surface area contributed by atoms with Crippen molar-refractivity contribution in [1.82, 2.24) is 15.1 Å². The van der Waals surface area contributed by atoms with Gasteiger partial charge in [-0.2, -0.15) is 0 Å². The number of rotatable bonds is 5. The quantitative estimate of drug-likeness (QED) is 0.824. The van der Waals surface area contributed by atoms with Crippen LogP contribution in [0.1, 0.15) is 47.5 Å². The monoisotopic (exact) mass is 267 g/mol. The second kappa shape index (κ2) is 6.11. The summed E-state index contributed by atoms with van der Waals surface area (Å²) in [7, 11) is 0. The molecule has 1 heterocycles. The van der Waals surface area contributed by atoms with Crippen molar-refractivity contribution >= 4 is 0 Å². The average molecular weight is 267 g/mol. The summed E-state index contributed by atoms with van der Waals surface area (Å²) in [5.74, 6) is 0.715. The maximum atomic E-state index is 3.64. The second-order valence-electron chi connectivity index (χ2n) is 7.65. The highest BCUT2D eigenvalue weighted by Gasteiger charge is 2.32. The lowest BCUT2D eigenvalue weighted by Gasteiger charge is -2.40. The van der Waals surface area contributed by atoms with Gasteiger partial charge in [0, 0.05) is 43.8 Å². The molecule has 112 valence electrons. The van der Waals surface area contributed by atoms with E-state index in [9.17, 15) is 0 Å². The molecule has 1 saturated heterocycles. The van der Waals surface area contributed by atoms with Crippen molar-refractivity contribution in [2.24, 2.45) is 5.92 Å². The standard InChI is InChI=1S/C16H33N3/c1-13(12-17-16(3,4)5)14(2)18-8-10-19(11-9-18)15-6-7-15/h13-15,17H,6-12H2,1-5H3. The van der Waals surface area contributed by atoms with Crippen LogP contribution in [0.3, 0.4) is 0 Å². The predicted octanol–water partition coefficient (Wildman–Crippen LogP) is 2.18. The van der Waals surface area contributed by atoms with Gasteiger partial charge in [0.25, 0.3) is 0 Å². The summed E-state index contributed by atoms with van der Waals surface area (Å²) < 4.78 is 0. The van der Waals surface area contributed by atoms with Crippen LogP contribution in [0.2, 0.25) is 0 Å². The molecule has 1 saturated carbocycles. The van der Waals surface area contributed by atoms with Gasteiger partial charge >= 0.3 is 0 Å². The minimum Gasteiger partial charge on any atom is -0.312 e. The number of nitrogens with zero attached hydrogens (tertiary/aromatic N) is 2. The molecular weight excluding hydrogens is 234 g/mol. The first kappa shape index (κ1) is 15.3. The van der Waals surface area contributed by atoms with Gasteiger partial charge in [-0.25, -0.2) is 0 Å². The molecule has 2 rings (SSSR count). The van der Waals surface area contributed by atoms with Gasteiger partial charge in [-0.15, -0.1) is 0 Å². The highest BCUT2D eigenvalue weighted by Crippen LogP contribution is 2.28. The molecule has 2 aliphatic rings. The van der Waals surface area contributed by atoms with E-state index in [2.05, 4.69) is 49.7 Å². The summed E-state index contributed by atoms with van der Waals surface area (Å²) in [6, 6.07) is 1.63. The fourth-order valence-corrected chi connectivity index (χ4v) is 2.95. The average Bonchev–Trinajstić information content (AvgIpc) is 3.18. The summed E-state index contributed by atoms with van der Waals surface area (Å²) in [6.07, 6.45) is 2.89. The molecule has 1 N–H and O–H groups in total. The molecule has 3 heteroatoms. The first-order chi connectivity index (χ1) is 8.87. The topological polar surface area (TPSA) is 18.5 Å². The Hall–Kier alpha value is -0.120. The van der Waals surface area contributed by atoms with Gasteiger partial charge in [0.15, 0.2) is 0 Å². The molecule has 0 aromatic carbocycles. The van der Waals surface area contributed by atoms with Crippen LogP contribution in [0, 0.1) is 5.92 Å². The number of piperazine rings is 1. The Bertz CT molecular complexity index is 272. The van der Waals surface area contributed by atoms with E-state index in [-0.39, 0.29) is 5.54 Å². The first-order valence-electron chi connectivity index (χ1n) is 8.10. The zero-order chi connectivity index (χ0) is 14.0. The molecule has 19 heavy (non-hydrogen) atoms. The molecule has 1 aliphatic heterocycles. The maximum absolute atomic E-state index is 3.64. The van der Waals surface area contributed by atoms with Gasteiger partial charge in [0.1, 0.15) is 0 Å². The molecular formula is C16H33N3. The van der Waals surface area contributed by atoms with E-state index in [0.29, 0.717) is 12.0 Å². The maximum Gasteiger partial charge on any atom is 0.0113 e. The number of hydrogen-bond acceptors (Lipinski definition) is 3. The van der Waals surface area contributed by atoms with E-state index < -0.39 is 0 Å². The fourth-order valence-electron chi connectivity index (χ4n) is 2.95. The van der Waals surface area contributed by atoms with E-state index >= 15 is 0 Å². The molecule has 2 fully saturated rings. The highest BCUT2D eigenvalue weighted by molar-refractivity contribution is 4.89. The summed E-state index contributed by atoms with van der Waals surface area (Å²) >= 11 is 0. The largest absolute Gasteiger partial charge is 0.312 e. The zero-order valence-electron chi connectivity index (χ0n) is 13.6. The smallest absolute Gasteiger partial charge is 0.0113 e. The SMILES string of the molecule is CC(CNC(C)(C)C)C(C)N1CCN(C2CC2)CC1. The lowest BCUT2D eigenvalue weighted by Crippen LogP contribution is -2.53. The summed E-state index contributed by atoms with van der Waals surface area (Å²) in [5, 5.41) is 3.64. The Morgan fingerprint density at radius 1 is 1.05 bits per heavy atom. The Balaban J connectivity index is 1.71. The van der Waals surface area contributed by atoms with Crippen LogP contribution in [0.4, 0.5) is 0 Å². The fraction of sp³-hybridized carbons (Fsp3) is 1.00. The predicted molar refractivity (Wildman–Crippen MR) is 82.5 cm³/mol. The van der Waals surface area contributed by atoms with E-state index in [1.54, 1.807) is 0 Å². The van der Waals surface area contributed by atoms with Gasteiger partial charge in [-0.1, -0.05) is 6.92 Å². The van der Waals surface area contributed by atoms with Crippen molar-refractivity contribution in [3.05, 3.63) is 0 Å². The Morgan fingerprint density at radius 2 is 1.63 bits per heavy atom. The third-order valence-electron chi connectivity index (χ3n) is 4.77. The van der Waals surface area contributed by atoms with Gasteiger partial charge in [0.2, 0.25) is 0 Å². The second-order valence-corrected chi connectivity index (χ2v) is 7.65. The van der Waals surface area contributed by atoms with Crippen LogP contribution in [-0.4, -0.2) is 60.1 Å². The van der Waals surface area contributed by atoms with Crippen molar-refractivity contribution in [3.8, 4) is 0 Å². The molecule has 0 aromatic heterocycles. The van der Waals surface area contributed by atoms with E-state index in [4.69, 9.17) is 0 Å². The van der Waals surface area contributed by atoms with Crippen molar-refractivity contribution in [1.29, 1.82) is 0 Å². The van der Waals surface area contributed by atoms with E-state index in [0.717, 1.165) is 12.6 Å². The molecule has 1 aliphatic carbocycles. The lowest BCUT2D eigenvalue weighted by molar-refractivity contribution is 0.0752. The molecule has 2 atom stereocenters. The normalized spacial score (nSPS) is 26.4. The van der Waals surface area contributed by atoms with Crippen LogP contribution in [-0.2, 0) is 0 Å². The van der Waals surface area contributed by atoms with Crippen molar-refractivity contribution in [3.63, 3.8) is 0 Å². The minimum absolute atomic E-state index is 0.235. The lowest BCUT2D eigenvalue weighted by atomic mass is 9.99. The van der Waals surface area contributed by atoms with Crippen LogP contribution in [0.25, 0.3) is 0 Å². The molecule has 0 spiro atoms. The van der Waals surface area contributed by atoms with Crippen LogP contribution in [0.5, 0.6) is 0 Å². The third kappa shape index (κ3) is 4.73. The first-order valence-corrected chi connectivity index (χ1v) is 8.10. The molecule has 0 amide bonds. The minimum atomic E-state index is 0.235. The molecule has 0 aromatic rings. The Morgan fingerprint density at radius 3 is 2.11 bits per heavy atom. The van der Waals surface area contributed by atoms with Gasteiger partial charge < -0.3 is 5.32 Å². The van der Waals surface area contributed by atoms with Gasteiger partial charge in [0.05, 0.1) is 0 Å². The van der Waals surface area contributed by atoms with Crippen LogP contribution < -0.4 is 5.32 Å². The third-order valence-corrected chi connectivity index (χ3v) is 4.77. The van der Waals surface area contributed by atoms with Crippen LogP contribution >= 0.6 is 0 Å². The molecule has 3 nitrogen and oxygen atoms in total. The zero-order valence-corrected chi connectivity index (χ0v) is 13.6.